The fourth-order valence-electron chi connectivity index (χ4n) is 1.68. The van der Waals surface area contributed by atoms with Crippen LogP contribution in [-0.4, -0.2) is 12.5 Å². The van der Waals surface area contributed by atoms with Gasteiger partial charge in [-0.1, -0.05) is 29.3 Å². The van der Waals surface area contributed by atoms with Gasteiger partial charge in [-0.05, 0) is 30.3 Å². The highest BCUT2D eigenvalue weighted by Gasteiger charge is 2.16. The zero-order valence-corrected chi connectivity index (χ0v) is 12.3. The van der Waals surface area contributed by atoms with Crippen molar-refractivity contribution in [2.45, 2.75) is 6.61 Å². The number of rotatable bonds is 4. The van der Waals surface area contributed by atoms with E-state index in [2.05, 4.69) is 10.1 Å². The molecule has 0 heterocycles. The maximum Gasteiger partial charge on any atom is 0.387 e. The molecule has 0 atom stereocenters. The van der Waals surface area contributed by atoms with Crippen LogP contribution in [0.2, 0.25) is 10.0 Å². The summed E-state index contributed by atoms with van der Waals surface area (Å²) in [5.74, 6) is -1.81. The molecule has 22 heavy (non-hydrogen) atoms. The Morgan fingerprint density at radius 2 is 1.86 bits per heavy atom. The Morgan fingerprint density at radius 3 is 2.45 bits per heavy atom. The first kappa shape index (κ1) is 16.5. The Bertz CT molecular complexity index is 690. The lowest BCUT2D eigenvalue weighted by atomic mass is 10.2. The van der Waals surface area contributed by atoms with Crippen LogP contribution in [0, 0.1) is 5.82 Å². The van der Waals surface area contributed by atoms with E-state index in [0.717, 1.165) is 12.1 Å². The molecule has 0 fully saturated rings. The Balaban J connectivity index is 2.20. The average Bonchev–Trinajstić information content (AvgIpc) is 2.41. The molecule has 0 unspecified atom stereocenters. The lowest BCUT2D eigenvalue weighted by Crippen LogP contribution is -2.14. The van der Waals surface area contributed by atoms with Gasteiger partial charge in [0, 0.05) is 5.69 Å². The zero-order chi connectivity index (χ0) is 16.3. The predicted octanol–water partition coefficient (Wildman–Crippen LogP) is 4.99. The second-order valence-electron chi connectivity index (χ2n) is 4.07. The third-order valence-corrected chi connectivity index (χ3v) is 3.21. The molecular formula is C14H8Cl2F3NO2. The molecular weight excluding hydrogens is 342 g/mol. The molecule has 2 rings (SSSR count). The number of carbonyl (C=O) groups excluding carboxylic acids is 1. The normalized spacial score (nSPS) is 10.6. The lowest BCUT2D eigenvalue weighted by molar-refractivity contribution is -0.0497. The maximum absolute atomic E-state index is 13.6. The Labute approximate surface area is 133 Å². The first-order chi connectivity index (χ1) is 10.4. The highest BCUT2D eigenvalue weighted by molar-refractivity contribution is 6.34. The second kappa shape index (κ2) is 6.89. The van der Waals surface area contributed by atoms with Crippen molar-refractivity contribution in [2.24, 2.45) is 0 Å². The summed E-state index contributed by atoms with van der Waals surface area (Å²) in [6.45, 7) is -3.02. The van der Waals surface area contributed by atoms with Crippen molar-refractivity contribution >= 4 is 34.8 Å². The number of halogens is 5. The van der Waals surface area contributed by atoms with Crippen LogP contribution in [-0.2, 0) is 0 Å². The van der Waals surface area contributed by atoms with Crippen LogP contribution >= 0.6 is 23.2 Å². The van der Waals surface area contributed by atoms with E-state index in [1.807, 2.05) is 0 Å². The molecule has 0 bridgehead atoms. The molecule has 2 aromatic rings. The highest BCUT2D eigenvalue weighted by atomic mass is 35.5. The van der Waals surface area contributed by atoms with E-state index in [9.17, 15) is 18.0 Å². The van der Waals surface area contributed by atoms with Gasteiger partial charge in [0.25, 0.3) is 5.91 Å². The lowest BCUT2D eigenvalue weighted by Gasteiger charge is -2.10. The van der Waals surface area contributed by atoms with E-state index >= 15 is 0 Å². The number of hydrogen-bond donors (Lipinski definition) is 1. The van der Waals surface area contributed by atoms with E-state index in [1.54, 1.807) is 0 Å². The summed E-state index contributed by atoms with van der Waals surface area (Å²) in [6.07, 6.45) is 0. The third-order valence-electron chi connectivity index (χ3n) is 2.60. The van der Waals surface area contributed by atoms with Crippen molar-refractivity contribution in [1.82, 2.24) is 0 Å². The van der Waals surface area contributed by atoms with Gasteiger partial charge in [-0.2, -0.15) is 8.78 Å². The van der Waals surface area contributed by atoms with Crippen LogP contribution in [0.5, 0.6) is 5.75 Å². The third kappa shape index (κ3) is 3.84. The van der Waals surface area contributed by atoms with Gasteiger partial charge in [-0.3, -0.25) is 4.79 Å². The van der Waals surface area contributed by atoms with E-state index in [4.69, 9.17) is 23.2 Å². The molecule has 116 valence electrons. The smallest absolute Gasteiger partial charge is 0.387 e. The zero-order valence-electron chi connectivity index (χ0n) is 10.7. The van der Waals surface area contributed by atoms with Crippen molar-refractivity contribution < 1.29 is 22.7 Å². The SMILES string of the molecule is O=C(Nc1ccc(OC(F)F)c(Cl)c1)c1c(F)cccc1Cl. The molecule has 2 aromatic carbocycles. The fourth-order valence-corrected chi connectivity index (χ4v) is 2.15. The summed E-state index contributed by atoms with van der Waals surface area (Å²) in [6, 6.07) is 7.47. The van der Waals surface area contributed by atoms with Gasteiger partial charge in [0.15, 0.2) is 0 Å². The van der Waals surface area contributed by atoms with E-state index in [1.165, 1.54) is 24.3 Å². The number of anilines is 1. The molecule has 0 radical (unpaired) electrons. The summed E-state index contributed by atoms with van der Waals surface area (Å²) in [5.41, 5.74) is -0.149. The van der Waals surface area contributed by atoms with Crippen LogP contribution in [0.25, 0.3) is 0 Å². The Hall–Kier alpha value is -1.92. The van der Waals surface area contributed by atoms with Crippen molar-refractivity contribution in [3.8, 4) is 5.75 Å². The number of benzene rings is 2. The summed E-state index contributed by atoms with van der Waals surface area (Å²) >= 11 is 11.5. The molecule has 8 heteroatoms. The molecule has 0 aliphatic rings. The molecule has 0 aromatic heterocycles. The number of hydrogen-bond acceptors (Lipinski definition) is 2. The molecule has 0 aliphatic carbocycles. The van der Waals surface area contributed by atoms with Gasteiger partial charge in [0.05, 0.1) is 15.6 Å². The first-order valence-electron chi connectivity index (χ1n) is 5.88. The van der Waals surface area contributed by atoms with Gasteiger partial charge in [-0.15, -0.1) is 0 Å². The molecule has 3 nitrogen and oxygen atoms in total. The average molecular weight is 350 g/mol. The monoisotopic (exact) mass is 349 g/mol. The van der Waals surface area contributed by atoms with Gasteiger partial charge >= 0.3 is 6.61 Å². The van der Waals surface area contributed by atoms with Gasteiger partial charge < -0.3 is 10.1 Å². The van der Waals surface area contributed by atoms with Gasteiger partial charge in [0.1, 0.15) is 11.6 Å². The predicted molar refractivity (Wildman–Crippen MR) is 77.4 cm³/mol. The number of alkyl halides is 2. The van der Waals surface area contributed by atoms with Crippen LogP contribution < -0.4 is 10.1 Å². The first-order valence-corrected chi connectivity index (χ1v) is 6.64. The molecule has 1 amide bonds. The van der Waals surface area contributed by atoms with Crippen molar-refractivity contribution in [3.05, 3.63) is 57.8 Å². The second-order valence-corrected chi connectivity index (χ2v) is 4.89. The van der Waals surface area contributed by atoms with E-state index in [-0.39, 0.29) is 27.0 Å². The molecule has 0 aliphatic heterocycles. The minimum absolute atomic E-state index is 0.0544. The largest absolute Gasteiger partial charge is 0.433 e. The Kier molecular flexibility index (Phi) is 5.15. The van der Waals surface area contributed by atoms with Gasteiger partial charge in [0.2, 0.25) is 0 Å². The summed E-state index contributed by atoms with van der Waals surface area (Å²) in [5, 5.41) is 2.19. The standard InChI is InChI=1S/C14H8Cl2F3NO2/c15-8-2-1-3-10(17)12(8)13(21)20-7-4-5-11(9(16)6-7)22-14(18)19/h1-6,14H,(H,20,21). The molecule has 0 saturated carbocycles. The summed E-state index contributed by atoms with van der Waals surface area (Å²) in [4.78, 5) is 12.0. The highest BCUT2D eigenvalue weighted by Crippen LogP contribution is 2.29. The van der Waals surface area contributed by atoms with Gasteiger partial charge in [-0.25, -0.2) is 4.39 Å². The molecule has 1 N–H and O–H groups in total. The summed E-state index contributed by atoms with van der Waals surface area (Å²) in [7, 11) is 0. The van der Waals surface area contributed by atoms with Crippen molar-refractivity contribution in [2.75, 3.05) is 5.32 Å². The van der Waals surface area contributed by atoms with Crippen LogP contribution in [0.4, 0.5) is 18.9 Å². The topological polar surface area (TPSA) is 38.3 Å². The van der Waals surface area contributed by atoms with E-state index < -0.39 is 18.3 Å². The Morgan fingerprint density at radius 1 is 1.14 bits per heavy atom. The minimum atomic E-state index is -3.02. The number of nitrogens with one attached hydrogen (secondary N) is 1. The quantitative estimate of drug-likeness (QED) is 0.844. The fraction of sp³-hybridized carbons (Fsp3) is 0.0714. The maximum atomic E-state index is 13.6. The minimum Gasteiger partial charge on any atom is -0.433 e. The van der Waals surface area contributed by atoms with Crippen LogP contribution in [0.3, 0.4) is 0 Å². The van der Waals surface area contributed by atoms with Crippen molar-refractivity contribution in [1.29, 1.82) is 0 Å². The molecule has 0 saturated heterocycles. The van der Waals surface area contributed by atoms with Crippen LogP contribution in [0.1, 0.15) is 10.4 Å². The van der Waals surface area contributed by atoms with Crippen LogP contribution in [0.15, 0.2) is 36.4 Å². The molecule has 0 spiro atoms. The van der Waals surface area contributed by atoms with E-state index in [0.29, 0.717) is 0 Å². The van der Waals surface area contributed by atoms with Crippen molar-refractivity contribution in [3.63, 3.8) is 0 Å². The summed E-state index contributed by atoms with van der Waals surface area (Å²) < 4.78 is 42.0. The number of carbonyl (C=O) groups is 1. The number of amides is 1. The number of ether oxygens (including phenoxy) is 1.